The highest BCUT2D eigenvalue weighted by Gasteiger charge is 2.31. The van der Waals surface area contributed by atoms with Gasteiger partial charge < -0.3 is 14.8 Å². The van der Waals surface area contributed by atoms with E-state index in [2.05, 4.69) is 26.1 Å². The molecule has 1 atom stereocenters. The maximum Gasteiger partial charge on any atom is 0.235 e. The predicted octanol–water partition coefficient (Wildman–Crippen LogP) is 1.92. The van der Waals surface area contributed by atoms with Gasteiger partial charge in [-0.1, -0.05) is 22.9 Å². The Morgan fingerprint density at radius 2 is 2.00 bits per heavy atom. The van der Waals surface area contributed by atoms with E-state index in [0.29, 0.717) is 18.0 Å². The van der Waals surface area contributed by atoms with Gasteiger partial charge in [0.15, 0.2) is 11.5 Å². The van der Waals surface area contributed by atoms with E-state index in [0.717, 1.165) is 16.6 Å². The zero-order chi connectivity index (χ0) is 14.0. The number of halogens is 1. The number of nitrogens with one attached hydrogen (secondary N) is 1. The van der Waals surface area contributed by atoms with Gasteiger partial charge in [0.25, 0.3) is 0 Å². The highest BCUT2D eigenvalue weighted by Crippen LogP contribution is 2.37. The summed E-state index contributed by atoms with van der Waals surface area (Å²) in [6, 6.07) is 3.74. The minimum Gasteiger partial charge on any atom is -0.493 e. The number of ether oxygens (including phenoxy) is 2. The molecule has 1 aromatic carbocycles. The lowest BCUT2D eigenvalue weighted by molar-refractivity contribution is -0.118. The van der Waals surface area contributed by atoms with Crippen molar-refractivity contribution < 1.29 is 14.3 Å². The molecule has 0 bridgehead atoms. The van der Waals surface area contributed by atoms with Crippen molar-refractivity contribution in [3.8, 4) is 11.5 Å². The van der Waals surface area contributed by atoms with Gasteiger partial charge >= 0.3 is 0 Å². The highest BCUT2D eigenvalue weighted by molar-refractivity contribution is 9.10. The topological polar surface area (TPSA) is 50.8 Å². The summed E-state index contributed by atoms with van der Waals surface area (Å²) >= 11 is 3.52. The minimum absolute atomic E-state index is 0.0357. The van der Waals surface area contributed by atoms with Crippen LogP contribution in [0.1, 0.15) is 18.7 Å². The largest absolute Gasteiger partial charge is 0.493 e. The van der Waals surface area contributed by atoms with Crippen molar-refractivity contribution in [2.45, 2.75) is 13.1 Å². The average Bonchev–Trinajstić information content (AvgIpc) is 2.79. The van der Waals surface area contributed by atoms with Crippen LogP contribution in [0.2, 0.25) is 0 Å². The first-order valence-electron chi connectivity index (χ1n) is 6.05. The fourth-order valence-electron chi connectivity index (χ4n) is 2.21. The van der Waals surface area contributed by atoms with Gasteiger partial charge in [-0.15, -0.1) is 0 Å². The smallest absolute Gasteiger partial charge is 0.235 e. The summed E-state index contributed by atoms with van der Waals surface area (Å²) in [7, 11) is 3.19. The fourth-order valence-corrected chi connectivity index (χ4v) is 2.75. The first-order chi connectivity index (χ1) is 9.10. The van der Waals surface area contributed by atoms with Crippen LogP contribution in [0, 0.1) is 0 Å². The molecule has 1 unspecified atom stereocenters. The Bertz CT molecular complexity index is 493. The van der Waals surface area contributed by atoms with E-state index in [1.165, 1.54) is 0 Å². The summed E-state index contributed by atoms with van der Waals surface area (Å²) in [4.78, 5) is 13.6. The van der Waals surface area contributed by atoms with Gasteiger partial charge in [0.1, 0.15) is 6.17 Å². The molecule has 2 rings (SSSR count). The van der Waals surface area contributed by atoms with Gasteiger partial charge in [0, 0.05) is 10.0 Å². The van der Waals surface area contributed by atoms with Crippen LogP contribution in [-0.4, -0.2) is 38.1 Å². The van der Waals surface area contributed by atoms with Crippen LogP contribution in [0.15, 0.2) is 16.6 Å². The maximum absolute atomic E-state index is 11.6. The van der Waals surface area contributed by atoms with Gasteiger partial charge in [-0.2, -0.15) is 0 Å². The first kappa shape index (κ1) is 14.1. The molecule has 0 saturated carbocycles. The highest BCUT2D eigenvalue weighted by atomic mass is 79.9. The monoisotopic (exact) mass is 328 g/mol. The lowest BCUT2D eigenvalue weighted by Crippen LogP contribution is -2.27. The van der Waals surface area contributed by atoms with Crippen molar-refractivity contribution in [3.05, 3.63) is 22.2 Å². The average molecular weight is 329 g/mol. The number of carbonyl (C=O) groups excluding carboxylic acids is 1. The molecule has 1 aliphatic rings. The summed E-state index contributed by atoms with van der Waals surface area (Å²) < 4.78 is 11.4. The molecule has 1 aliphatic heterocycles. The summed E-state index contributed by atoms with van der Waals surface area (Å²) in [5.74, 6) is 1.34. The zero-order valence-electron chi connectivity index (χ0n) is 11.2. The fraction of sp³-hybridized carbons (Fsp3) is 0.462. The lowest BCUT2D eigenvalue weighted by Gasteiger charge is -2.23. The molecule has 19 heavy (non-hydrogen) atoms. The van der Waals surface area contributed by atoms with Crippen molar-refractivity contribution in [1.29, 1.82) is 0 Å². The summed E-state index contributed by atoms with van der Waals surface area (Å²) in [6.07, 6.45) is -0.133. The lowest BCUT2D eigenvalue weighted by atomic mass is 10.1. The molecular weight excluding hydrogens is 312 g/mol. The zero-order valence-corrected chi connectivity index (χ0v) is 12.8. The molecule has 5 nitrogen and oxygen atoms in total. The quantitative estimate of drug-likeness (QED) is 0.917. The van der Waals surface area contributed by atoms with Crippen molar-refractivity contribution >= 4 is 21.8 Å². The molecule has 0 spiro atoms. The molecule has 1 amide bonds. The third kappa shape index (κ3) is 2.69. The number of amides is 1. The molecule has 0 aromatic heterocycles. The van der Waals surface area contributed by atoms with Gasteiger partial charge in [0.05, 0.1) is 20.8 Å². The Balaban J connectivity index is 2.41. The number of likely N-dealkylation sites (N-methyl/N-ethyl adjacent to an activating group) is 1. The van der Waals surface area contributed by atoms with Crippen LogP contribution in [0.25, 0.3) is 0 Å². The molecule has 1 aromatic rings. The molecule has 1 N–H and O–H groups in total. The standard InChI is InChI=1S/C13H17BrN2O3/c1-4-16-7-12(17)15-13(16)8-5-10(18-2)11(19-3)6-9(8)14/h5-6,13H,4,7H2,1-3H3,(H,15,17). The molecular formula is C13H17BrN2O3. The number of hydrogen-bond donors (Lipinski definition) is 1. The molecule has 104 valence electrons. The van der Waals surface area contributed by atoms with E-state index in [-0.39, 0.29) is 12.1 Å². The van der Waals surface area contributed by atoms with Crippen LogP contribution in [0.4, 0.5) is 0 Å². The number of hydrogen-bond acceptors (Lipinski definition) is 4. The third-order valence-electron chi connectivity index (χ3n) is 3.21. The van der Waals surface area contributed by atoms with Crippen molar-refractivity contribution in [1.82, 2.24) is 10.2 Å². The third-order valence-corrected chi connectivity index (χ3v) is 3.90. The molecule has 1 saturated heterocycles. The Kier molecular flexibility index (Phi) is 4.31. The second-order valence-corrected chi connectivity index (χ2v) is 5.12. The van der Waals surface area contributed by atoms with Gasteiger partial charge in [-0.25, -0.2) is 0 Å². The van der Waals surface area contributed by atoms with E-state index < -0.39 is 0 Å². The van der Waals surface area contributed by atoms with Crippen LogP contribution in [0.5, 0.6) is 11.5 Å². The Morgan fingerprint density at radius 1 is 1.37 bits per heavy atom. The Labute approximate surface area is 121 Å². The number of carbonyl (C=O) groups is 1. The van der Waals surface area contributed by atoms with Gasteiger partial charge in [-0.05, 0) is 18.7 Å². The second kappa shape index (κ2) is 5.79. The predicted molar refractivity (Wildman–Crippen MR) is 75.4 cm³/mol. The molecule has 6 heteroatoms. The van der Waals surface area contributed by atoms with E-state index in [1.807, 2.05) is 19.1 Å². The van der Waals surface area contributed by atoms with Crippen LogP contribution in [-0.2, 0) is 4.79 Å². The normalized spacial score (nSPS) is 19.4. The number of nitrogens with zero attached hydrogens (tertiary/aromatic N) is 1. The molecule has 1 heterocycles. The van der Waals surface area contributed by atoms with Gasteiger partial charge in [-0.3, -0.25) is 9.69 Å². The van der Waals surface area contributed by atoms with Gasteiger partial charge in [0.2, 0.25) is 5.91 Å². The van der Waals surface area contributed by atoms with Crippen LogP contribution in [0.3, 0.4) is 0 Å². The van der Waals surface area contributed by atoms with Crippen LogP contribution >= 0.6 is 15.9 Å². The Hall–Kier alpha value is -1.27. The van der Waals surface area contributed by atoms with Crippen molar-refractivity contribution in [3.63, 3.8) is 0 Å². The van der Waals surface area contributed by atoms with E-state index in [4.69, 9.17) is 9.47 Å². The van der Waals surface area contributed by atoms with E-state index in [9.17, 15) is 4.79 Å². The molecule has 0 aliphatic carbocycles. The number of benzene rings is 1. The van der Waals surface area contributed by atoms with Crippen molar-refractivity contribution in [2.24, 2.45) is 0 Å². The van der Waals surface area contributed by atoms with Crippen LogP contribution < -0.4 is 14.8 Å². The SMILES string of the molecule is CCN1CC(=O)NC1c1cc(OC)c(OC)cc1Br. The van der Waals surface area contributed by atoms with E-state index >= 15 is 0 Å². The van der Waals surface area contributed by atoms with Crippen molar-refractivity contribution in [2.75, 3.05) is 27.3 Å². The summed E-state index contributed by atoms with van der Waals surface area (Å²) in [5, 5.41) is 2.96. The summed E-state index contributed by atoms with van der Waals surface area (Å²) in [5.41, 5.74) is 0.963. The first-order valence-corrected chi connectivity index (χ1v) is 6.84. The maximum atomic E-state index is 11.6. The molecule has 0 radical (unpaired) electrons. The Morgan fingerprint density at radius 3 is 2.58 bits per heavy atom. The minimum atomic E-state index is -0.133. The van der Waals surface area contributed by atoms with E-state index in [1.54, 1.807) is 14.2 Å². The molecule has 1 fully saturated rings. The second-order valence-electron chi connectivity index (χ2n) is 4.26. The number of methoxy groups -OCH3 is 2. The number of rotatable bonds is 4. The summed E-state index contributed by atoms with van der Waals surface area (Å²) in [6.45, 7) is 3.24.